The molecule has 2 heteroatoms. The zero-order valence-corrected chi connectivity index (χ0v) is 9.30. The summed E-state index contributed by atoms with van der Waals surface area (Å²) in [5.74, 6) is 0. The van der Waals surface area contributed by atoms with Crippen molar-refractivity contribution in [3.8, 4) is 11.1 Å². The number of pyridine rings is 1. The quantitative estimate of drug-likeness (QED) is 0.637. The van der Waals surface area contributed by atoms with Gasteiger partial charge in [0.15, 0.2) is 0 Å². The number of anilines is 1. The van der Waals surface area contributed by atoms with Gasteiger partial charge in [0.1, 0.15) is 0 Å². The predicted molar refractivity (Wildman–Crippen MR) is 71.6 cm³/mol. The Morgan fingerprint density at radius 1 is 0.824 bits per heavy atom. The normalized spacial score (nSPS) is 10.6. The smallest absolute Gasteiger partial charge is 0.0352 e. The third-order valence-corrected chi connectivity index (χ3v) is 2.89. The highest BCUT2D eigenvalue weighted by Crippen LogP contribution is 2.27. The van der Waals surface area contributed by atoms with Crippen molar-refractivity contribution in [1.29, 1.82) is 0 Å². The molecule has 0 unspecified atom stereocenters. The van der Waals surface area contributed by atoms with Gasteiger partial charge in [-0.05, 0) is 23.1 Å². The molecule has 0 aliphatic carbocycles. The maximum Gasteiger partial charge on any atom is 0.0352 e. The molecule has 0 bridgehead atoms. The largest absolute Gasteiger partial charge is 0.399 e. The Kier molecular flexibility index (Phi) is 2.26. The highest BCUT2D eigenvalue weighted by molar-refractivity contribution is 5.95. The van der Waals surface area contributed by atoms with Crippen LogP contribution in [-0.2, 0) is 0 Å². The number of fused-ring (bicyclic) bond motifs is 1. The zero-order valence-electron chi connectivity index (χ0n) is 9.30. The maximum absolute atomic E-state index is 5.70. The lowest BCUT2D eigenvalue weighted by Gasteiger charge is -2.06. The van der Waals surface area contributed by atoms with Crippen molar-refractivity contribution in [2.45, 2.75) is 0 Å². The van der Waals surface area contributed by atoms with Crippen LogP contribution in [0.2, 0.25) is 0 Å². The lowest BCUT2D eigenvalue weighted by Crippen LogP contribution is -1.86. The highest BCUT2D eigenvalue weighted by Gasteiger charge is 2.03. The van der Waals surface area contributed by atoms with Crippen LogP contribution >= 0.6 is 0 Å². The van der Waals surface area contributed by atoms with Crippen LogP contribution in [0.4, 0.5) is 5.69 Å². The van der Waals surface area contributed by atoms with E-state index in [0.717, 1.165) is 22.2 Å². The molecule has 17 heavy (non-hydrogen) atoms. The number of aromatic nitrogens is 1. The number of nitrogen functional groups attached to an aromatic ring is 1. The molecule has 0 aliphatic heterocycles. The minimum absolute atomic E-state index is 0.780. The monoisotopic (exact) mass is 220 g/mol. The van der Waals surface area contributed by atoms with Crippen molar-refractivity contribution < 1.29 is 0 Å². The van der Waals surface area contributed by atoms with Crippen LogP contribution in [0.1, 0.15) is 0 Å². The molecule has 0 spiro atoms. The molecule has 0 fully saturated rings. The Morgan fingerprint density at radius 3 is 2.41 bits per heavy atom. The standard InChI is InChI=1S/C15H12N2/c16-13-7-5-11(6-8-13)15-10-17-9-12-3-1-2-4-14(12)15/h1-10H,16H2. The molecule has 2 N–H and O–H groups in total. The maximum atomic E-state index is 5.70. The lowest BCUT2D eigenvalue weighted by atomic mass is 10.0. The van der Waals surface area contributed by atoms with E-state index in [1.807, 2.05) is 48.8 Å². The van der Waals surface area contributed by atoms with E-state index >= 15 is 0 Å². The van der Waals surface area contributed by atoms with E-state index in [1.54, 1.807) is 0 Å². The van der Waals surface area contributed by atoms with Gasteiger partial charge in [0, 0.05) is 29.0 Å². The first kappa shape index (κ1) is 9.85. The first-order valence-corrected chi connectivity index (χ1v) is 5.53. The Morgan fingerprint density at radius 2 is 1.59 bits per heavy atom. The number of benzene rings is 2. The Bertz CT molecular complexity index is 652. The van der Waals surface area contributed by atoms with Gasteiger partial charge in [0.05, 0.1) is 0 Å². The van der Waals surface area contributed by atoms with Gasteiger partial charge >= 0.3 is 0 Å². The zero-order chi connectivity index (χ0) is 11.7. The molecule has 1 heterocycles. The molecule has 2 aromatic carbocycles. The second-order valence-electron chi connectivity index (χ2n) is 4.03. The molecule has 2 nitrogen and oxygen atoms in total. The summed E-state index contributed by atoms with van der Waals surface area (Å²) in [6.07, 6.45) is 3.78. The second kappa shape index (κ2) is 3.91. The first-order chi connectivity index (χ1) is 8.34. The fraction of sp³-hybridized carbons (Fsp3) is 0. The van der Waals surface area contributed by atoms with Crippen LogP contribution in [0, 0.1) is 0 Å². The summed E-state index contributed by atoms with van der Waals surface area (Å²) < 4.78 is 0. The summed E-state index contributed by atoms with van der Waals surface area (Å²) in [5.41, 5.74) is 8.77. The number of hydrogen-bond acceptors (Lipinski definition) is 2. The Hall–Kier alpha value is -2.35. The van der Waals surface area contributed by atoms with E-state index in [9.17, 15) is 0 Å². The molecule has 0 amide bonds. The average Bonchev–Trinajstić information content (AvgIpc) is 2.39. The summed E-state index contributed by atoms with van der Waals surface area (Å²) in [6.45, 7) is 0. The van der Waals surface area contributed by atoms with Crippen LogP contribution < -0.4 is 5.73 Å². The van der Waals surface area contributed by atoms with Crippen molar-refractivity contribution in [3.05, 3.63) is 60.9 Å². The molecule has 0 radical (unpaired) electrons. The molecule has 3 aromatic rings. The molecule has 0 atom stereocenters. The van der Waals surface area contributed by atoms with Crippen molar-refractivity contribution in [3.63, 3.8) is 0 Å². The van der Waals surface area contributed by atoms with Crippen LogP contribution in [0.15, 0.2) is 60.9 Å². The van der Waals surface area contributed by atoms with Gasteiger partial charge in [-0.1, -0.05) is 36.4 Å². The second-order valence-corrected chi connectivity index (χ2v) is 4.03. The van der Waals surface area contributed by atoms with E-state index < -0.39 is 0 Å². The number of nitrogens with zero attached hydrogens (tertiary/aromatic N) is 1. The van der Waals surface area contributed by atoms with Gasteiger partial charge < -0.3 is 5.73 Å². The van der Waals surface area contributed by atoms with Crippen molar-refractivity contribution in [2.75, 3.05) is 5.73 Å². The molecule has 0 aliphatic rings. The molecule has 3 rings (SSSR count). The Labute approximate surface area is 99.7 Å². The van der Waals surface area contributed by atoms with Gasteiger partial charge in [0.2, 0.25) is 0 Å². The molecule has 0 saturated carbocycles. The van der Waals surface area contributed by atoms with Gasteiger partial charge in [0.25, 0.3) is 0 Å². The van der Waals surface area contributed by atoms with Crippen molar-refractivity contribution in [2.24, 2.45) is 0 Å². The third-order valence-electron chi connectivity index (χ3n) is 2.89. The highest BCUT2D eigenvalue weighted by atomic mass is 14.6. The van der Waals surface area contributed by atoms with Crippen LogP contribution in [-0.4, -0.2) is 4.98 Å². The summed E-state index contributed by atoms with van der Waals surface area (Å²) in [6, 6.07) is 16.1. The minimum Gasteiger partial charge on any atom is -0.399 e. The van der Waals surface area contributed by atoms with E-state index in [2.05, 4.69) is 17.1 Å². The molecular weight excluding hydrogens is 208 g/mol. The topological polar surface area (TPSA) is 38.9 Å². The SMILES string of the molecule is Nc1ccc(-c2cncc3ccccc23)cc1. The molecule has 1 aromatic heterocycles. The molecule has 82 valence electrons. The third kappa shape index (κ3) is 1.74. The van der Waals surface area contributed by atoms with Gasteiger partial charge in [-0.25, -0.2) is 0 Å². The number of hydrogen-bond donors (Lipinski definition) is 1. The molecule has 0 saturated heterocycles. The van der Waals surface area contributed by atoms with Crippen molar-refractivity contribution in [1.82, 2.24) is 4.98 Å². The Balaban J connectivity index is 2.27. The summed E-state index contributed by atoms with van der Waals surface area (Å²) in [4.78, 5) is 4.28. The summed E-state index contributed by atoms with van der Waals surface area (Å²) in [7, 11) is 0. The molecular formula is C15H12N2. The van der Waals surface area contributed by atoms with E-state index in [1.165, 1.54) is 5.39 Å². The van der Waals surface area contributed by atoms with Gasteiger partial charge in [-0.15, -0.1) is 0 Å². The number of rotatable bonds is 1. The van der Waals surface area contributed by atoms with Gasteiger partial charge in [-0.3, -0.25) is 4.98 Å². The van der Waals surface area contributed by atoms with E-state index in [0.29, 0.717) is 0 Å². The van der Waals surface area contributed by atoms with Crippen LogP contribution in [0.5, 0.6) is 0 Å². The fourth-order valence-electron chi connectivity index (χ4n) is 2.01. The van der Waals surface area contributed by atoms with Gasteiger partial charge in [-0.2, -0.15) is 0 Å². The van der Waals surface area contributed by atoms with E-state index in [4.69, 9.17) is 5.73 Å². The first-order valence-electron chi connectivity index (χ1n) is 5.53. The van der Waals surface area contributed by atoms with E-state index in [-0.39, 0.29) is 0 Å². The summed E-state index contributed by atoms with van der Waals surface area (Å²) >= 11 is 0. The lowest BCUT2D eigenvalue weighted by molar-refractivity contribution is 1.36. The van der Waals surface area contributed by atoms with Crippen molar-refractivity contribution >= 4 is 16.5 Å². The fourth-order valence-corrected chi connectivity index (χ4v) is 2.01. The van der Waals surface area contributed by atoms with Crippen LogP contribution in [0.25, 0.3) is 21.9 Å². The predicted octanol–water partition coefficient (Wildman–Crippen LogP) is 3.48. The summed E-state index contributed by atoms with van der Waals surface area (Å²) in [5, 5.41) is 2.37. The minimum atomic E-state index is 0.780. The average molecular weight is 220 g/mol. The van der Waals surface area contributed by atoms with Crippen LogP contribution in [0.3, 0.4) is 0 Å². The number of nitrogens with two attached hydrogens (primary N) is 1.